The van der Waals surface area contributed by atoms with Crippen molar-refractivity contribution >= 4 is 6.29 Å². The quantitative estimate of drug-likeness (QED) is 0.621. The fraction of sp³-hybridized carbons (Fsp3) is 0.533. The first-order chi connectivity index (χ1) is 7.55. The molecule has 1 aromatic carbocycles. The molecule has 0 aliphatic carbocycles. The molecule has 0 aliphatic heterocycles. The molecule has 0 spiro atoms. The van der Waals surface area contributed by atoms with Crippen LogP contribution in [-0.4, -0.2) is 6.29 Å². The third-order valence-electron chi connectivity index (χ3n) is 1.90. The number of hydrogen-bond donors (Lipinski definition) is 0. The Labute approximate surface area is 101 Å². The van der Waals surface area contributed by atoms with Crippen molar-refractivity contribution in [2.75, 3.05) is 0 Å². The molecule has 0 saturated carbocycles. The van der Waals surface area contributed by atoms with Crippen molar-refractivity contribution in [3.05, 3.63) is 35.4 Å². The van der Waals surface area contributed by atoms with Gasteiger partial charge in [0.1, 0.15) is 6.29 Å². The number of carbonyl (C=O) groups excluding carboxylic acids is 1. The molecule has 0 amide bonds. The zero-order valence-electron chi connectivity index (χ0n) is 11.8. The Bertz CT molecular complexity index is 282. The van der Waals surface area contributed by atoms with E-state index in [9.17, 15) is 4.79 Å². The fourth-order valence-corrected chi connectivity index (χ4v) is 1.28. The number of carbonyl (C=O) groups is 1. The summed E-state index contributed by atoms with van der Waals surface area (Å²) in [7, 11) is 0. The van der Waals surface area contributed by atoms with Gasteiger partial charge in [0.25, 0.3) is 0 Å². The molecular weight excluding hydrogens is 196 g/mol. The van der Waals surface area contributed by atoms with Gasteiger partial charge in [-0.05, 0) is 11.0 Å². The van der Waals surface area contributed by atoms with Gasteiger partial charge >= 0.3 is 0 Å². The van der Waals surface area contributed by atoms with Crippen LogP contribution in [0.15, 0.2) is 24.3 Å². The predicted octanol–water partition coefficient (Wildman–Crippen LogP) is 4.85. The van der Waals surface area contributed by atoms with Crippen LogP contribution in [0.3, 0.4) is 0 Å². The highest BCUT2D eigenvalue weighted by atomic mass is 16.1. The first kappa shape index (κ1) is 17.3. The molecule has 0 radical (unpaired) electrons. The number of aldehydes is 1. The van der Waals surface area contributed by atoms with Gasteiger partial charge < -0.3 is 0 Å². The lowest BCUT2D eigenvalue weighted by Gasteiger charge is -2.20. The summed E-state index contributed by atoms with van der Waals surface area (Å²) in [6.07, 6.45) is 0.917. The minimum absolute atomic E-state index is 0.0531. The van der Waals surface area contributed by atoms with Crippen LogP contribution >= 0.6 is 0 Å². The first-order valence-electron chi connectivity index (χ1n) is 6.10. The van der Waals surface area contributed by atoms with Crippen molar-refractivity contribution < 1.29 is 4.79 Å². The van der Waals surface area contributed by atoms with E-state index in [1.54, 1.807) is 0 Å². The van der Waals surface area contributed by atoms with Crippen LogP contribution in [0, 0.1) is 0 Å². The van der Waals surface area contributed by atoms with Crippen molar-refractivity contribution in [1.29, 1.82) is 0 Å². The van der Waals surface area contributed by atoms with Crippen LogP contribution in [0.25, 0.3) is 0 Å². The molecule has 0 saturated heterocycles. The zero-order chi connectivity index (χ0) is 13.2. The molecule has 1 heteroatoms. The van der Waals surface area contributed by atoms with E-state index in [4.69, 9.17) is 0 Å². The Hall–Kier alpha value is -1.11. The van der Waals surface area contributed by atoms with Crippen LogP contribution < -0.4 is 0 Å². The highest BCUT2D eigenvalue weighted by molar-refractivity contribution is 5.77. The zero-order valence-corrected chi connectivity index (χ0v) is 11.8. The first-order valence-corrected chi connectivity index (χ1v) is 6.10. The van der Waals surface area contributed by atoms with E-state index in [0.717, 1.165) is 17.4 Å². The van der Waals surface area contributed by atoms with Crippen LogP contribution in [0.5, 0.6) is 0 Å². The molecule has 0 unspecified atom stereocenters. The molecule has 1 nitrogen and oxygen atoms in total. The summed E-state index contributed by atoms with van der Waals surface area (Å²) in [6.45, 7) is 14.3. The van der Waals surface area contributed by atoms with Crippen LogP contribution in [0.1, 0.15) is 64.4 Å². The Kier molecular flexibility index (Phi) is 9.88. The van der Waals surface area contributed by atoms with Gasteiger partial charge in [-0.3, -0.25) is 4.79 Å². The maximum atomic E-state index is 10.7. The molecule has 0 heterocycles. The Balaban J connectivity index is 0. The highest BCUT2D eigenvalue weighted by Crippen LogP contribution is 2.24. The van der Waals surface area contributed by atoms with E-state index in [1.807, 2.05) is 52.0 Å². The number of benzene rings is 1. The van der Waals surface area contributed by atoms with Gasteiger partial charge in [-0.25, -0.2) is 0 Å². The van der Waals surface area contributed by atoms with E-state index < -0.39 is 0 Å². The molecule has 1 rings (SSSR count). The van der Waals surface area contributed by atoms with Gasteiger partial charge in [-0.1, -0.05) is 72.7 Å². The van der Waals surface area contributed by atoms with E-state index in [-0.39, 0.29) is 5.41 Å². The van der Waals surface area contributed by atoms with Gasteiger partial charge in [0.2, 0.25) is 0 Å². The molecule has 0 aromatic heterocycles. The van der Waals surface area contributed by atoms with E-state index in [2.05, 4.69) is 20.8 Å². The lowest BCUT2D eigenvalue weighted by Crippen LogP contribution is -2.13. The van der Waals surface area contributed by atoms with E-state index in [1.165, 1.54) is 0 Å². The minimum Gasteiger partial charge on any atom is -0.298 e. The normalized spacial score (nSPS) is 9.19. The molecule has 0 N–H and O–H groups in total. The summed E-state index contributed by atoms with van der Waals surface area (Å²) in [5.74, 6) is 0. The van der Waals surface area contributed by atoms with Crippen molar-refractivity contribution in [3.8, 4) is 0 Å². The minimum atomic E-state index is 0.0531. The summed E-state index contributed by atoms with van der Waals surface area (Å²) in [4.78, 5) is 10.7. The second-order valence-electron chi connectivity index (χ2n) is 3.96. The lowest BCUT2D eigenvalue weighted by molar-refractivity contribution is 0.112. The lowest BCUT2D eigenvalue weighted by atomic mass is 9.84. The number of hydrogen-bond acceptors (Lipinski definition) is 1. The maximum Gasteiger partial charge on any atom is 0.150 e. The summed E-state index contributed by atoms with van der Waals surface area (Å²) in [5, 5.41) is 0. The third-order valence-corrected chi connectivity index (χ3v) is 1.90. The largest absolute Gasteiger partial charge is 0.298 e. The SMILES string of the molecule is CC.CC.CC(C)(C)c1ccccc1C=O. The summed E-state index contributed by atoms with van der Waals surface area (Å²) >= 11 is 0. The molecule has 1 aromatic rings. The van der Waals surface area contributed by atoms with Gasteiger partial charge in [-0.2, -0.15) is 0 Å². The van der Waals surface area contributed by atoms with Gasteiger partial charge in [0.05, 0.1) is 0 Å². The summed E-state index contributed by atoms with van der Waals surface area (Å²) < 4.78 is 0. The van der Waals surface area contributed by atoms with Gasteiger partial charge in [0, 0.05) is 5.56 Å². The molecule has 92 valence electrons. The Morgan fingerprint density at radius 3 is 1.69 bits per heavy atom. The average Bonchev–Trinajstić information content (AvgIpc) is 2.33. The summed E-state index contributed by atoms with van der Waals surface area (Å²) in [6, 6.07) is 7.71. The maximum absolute atomic E-state index is 10.7. The molecule has 0 fully saturated rings. The molecule has 0 bridgehead atoms. The second-order valence-corrected chi connectivity index (χ2v) is 3.96. The Morgan fingerprint density at radius 1 is 0.938 bits per heavy atom. The topological polar surface area (TPSA) is 17.1 Å². The fourth-order valence-electron chi connectivity index (χ4n) is 1.28. The molecule has 0 atom stereocenters. The Morgan fingerprint density at radius 2 is 1.38 bits per heavy atom. The van der Waals surface area contributed by atoms with Gasteiger partial charge in [-0.15, -0.1) is 0 Å². The second kappa shape index (κ2) is 9.14. The predicted molar refractivity (Wildman–Crippen MR) is 73.2 cm³/mol. The van der Waals surface area contributed by atoms with Crippen molar-refractivity contribution in [1.82, 2.24) is 0 Å². The highest BCUT2D eigenvalue weighted by Gasteiger charge is 2.16. The van der Waals surface area contributed by atoms with E-state index >= 15 is 0 Å². The standard InChI is InChI=1S/C11H14O.2C2H6/c1-11(2,3)10-7-5-4-6-9(10)8-12;2*1-2/h4-8H,1-3H3;2*1-2H3. The van der Waals surface area contributed by atoms with Crippen LogP contribution in [0.4, 0.5) is 0 Å². The molecule has 16 heavy (non-hydrogen) atoms. The molecule has 0 aliphatic rings. The van der Waals surface area contributed by atoms with Crippen molar-refractivity contribution in [2.24, 2.45) is 0 Å². The third kappa shape index (κ3) is 5.69. The van der Waals surface area contributed by atoms with Crippen molar-refractivity contribution in [2.45, 2.75) is 53.9 Å². The van der Waals surface area contributed by atoms with Crippen LogP contribution in [0.2, 0.25) is 0 Å². The smallest absolute Gasteiger partial charge is 0.150 e. The average molecular weight is 222 g/mol. The van der Waals surface area contributed by atoms with Crippen molar-refractivity contribution in [3.63, 3.8) is 0 Å². The van der Waals surface area contributed by atoms with Gasteiger partial charge in [0.15, 0.2) is 0 Å². The monoisotopic (exact) mass is 222 g/mol. The summed E-state index contributed by atoms with van der Waals surface area (Å²) in [5.41, 5.74) is 1.96. The molecular formula is C15H26O. The number of rotatable bonds is 1. The van der Waals surface area contributed by atoms with Crippen LogP contribution in [-0.2, 0) is 5.41 Å². The van der Waals surface area contributed by atoms with E-state index in [0.29, 0.717) is 0 Å².